The van der Waals surface area contributed by atoms with E-state index in [2.05, 4.69) is 4.98 Å². The Labute approximate surface area is 88.7 Å². The molecule has 1 N–H and O–H groups in total. The maximum atomic E-state index is 12.4. The van der Waals surface area contributed by atoms with Crippen molar-refractivity contribution < 1.29 is 23.1 Å². The van der Waals surface area contributed by atoms with Crippen LogP contribution < -0.4 is 0 Å². The summed E-state index contributed by atoms with van der Waals surface area (Å²) in [5.41, 5.74) is -1.02. The van der Waals surface area contributed by atoms with E-state index in [1.807, 2.05) is 0 Å². The smallest absolute Gasteiger partial charge is 0.434 e. The molecule has 0 amide bonds. The fourth-order valence-corrected chi connectivity index (χ4v) is 1.50. The summed E-state index contributed by atoms with van der Waals surface area (Å²) in [5.74, 6) is -1.21. The van der Waals surface area contributed by atoms with Gasteiger partial charge in [0, 0.05) is 12.2 Å². The number of hydrogen-bond acceptors (Lipinski definition) is 2. The fourth-order valence-electron chi connectivity index (χ4n) is 1.50. The minimum atomic E-state index is -4.52. The summed E-state index contributed by atoms with van der Waals surface area (Å²) >= 11 is 0. The van der Waals surface area contributed by atoms with Crippen LogP contribution in [0.5, 0.6) is 0 Å². The van der Waals surface area contributed by atoms with E-state index in [0.29, 0.717) is 0 Å². The van der Waals surface area contributed by atoms with Crippen LogP contribution in [0.3, 0.4) is 0 Å². The molecular weight excluding hydrogens is 225 g/mol. The van der Waals surface area contributed by atoms with Crippen LogP contribution in [0.1, 0.15) is 30.4 Å². The molecule has 16 heavy (non-hydrogen) atoms. The lowest BCUT2D eigenvalue weighted by atomic mass is 10.4. The number of aliphatic carboxylic acids is 1. The third kappa shape index (κ3) is 2.17. The number of carboxylic acids is 1. The molecule has 1 fully saturated rings. The number of imidazole rings is 1. The Hall–Kier alpha value is -1.53. The van der Waals surface area contributed by atoms with Gasteiger partial charge in [0.2, 0.25) is 0 Å². The van der Waals surface area contributed by atoms with Crippen molar-refractivity contribution in [1.29, 1.82) is 0 Å². The van der Waals surface area contributed by atoms with E-state index < -0.39 is 24.3 Å². The van der Waals surface area contributed by atoms with E-state index in [1.165, 1.54) is 4.57 Å². The zero-order valence-corrected chi connectivity index (χ0v) is 8.16. The van der Waals surface area contributed by atoms with Gasteiger partial charge in [-0.2, -0.15) is 13.2 Å². The molecule has 1 aliphatic carbocycles. The highest BCUT2D eigenvalue weighted by atomic mass is 19.4. The first kappa shape index (κ1) is 11.0. The Morgan fingerprint density at radius 3 is 2.62 bits per heavy atom. The third-order valence-electron chi connectivity index (χ3n) is 2.35. The average Bonchev–Trinajstić information content (AvgIpc) is 2.86. The Bertz CT molecular complexity index is 421. The van der Waals surface area contributed by atoms with Gasteiger partial charge in [0.15, 0.2) is 5.69 Å². The van der Waals surface area contributed by atoms with Crippen LogP contribution in [-0.4, -0.2) is 20.6 Å². The number of carbonyl (C=O) groups is 1. The number of alkyl halides is 3. The number of halogens is 3. The zero-order valence-electron chi connectivity index (χ0n) is 8.16. The van der Waals surface area contributed by atoms with E-state index in [9.17, 15) is 18.0 Å². The van der Waals surface area contributed by atoms with Gasteiger partial charge >= 0.3 is 12.1 Å². The summed E-state index contributed by atoms with van der Waals surface area (Å²) in [6.45, 7) is 0. The Morgan fingerprint density at radius 2 is 2.19 bits per heavy atom. The molecule has 0 aliphatic heterocycles. The van der Waals surface area contributed by atoms with Gasteiger partial charge in [0.1, 0.15) is 12.2 Å². The lowest BCUT2D eigenvalue weighted by Crippen LogP contribution is -2.08. The summed E-state index contributed by atoms with van der Waals surface area (Å²) in [6.07, 6.45) is -2.55. The number of nitrogens with zero attached hydrogens (tertiary/aromatic N) is 2. The van der Waals surface area contributed by atoms with Crippen LogP contribution in [-0.2, 0) is 17.4 Å². The molecule has 1 aromatic heterocycles. The topological polar surface area (TPSA) is 55.1 Å². The largest absolute Gasteiger partial charge is 0.481 e. The van der Waals surface area contributed by atoms with Crippen molar-refractivity contribution in [2.75, 3.05) is 0 Å². The van der Waals surface area contributed by atoms with Crippen LogP contribution in [0.15, 0.2) is 6.20 Å². The highest BCUT2D eigenvalue weighted by Gasteiger charge is 2.37. The van der Waals surface area contributed by atoms with Gasteiger partial charge in [0.05, 0.1) is 0 Å². The molecule has 2 rings (SSSR count). The highest BCUT2D eigenvalue weighted by Crippen LogP contribution is 2.38. The molecule has 0 atom stereocenters. The summed E-state index contributed by atoms with van der Waals surface area (Å²) in [7, 11) is 0. The second-order valence-corrected chi connectivity index (χ2v) is 3.75. The van der Waals surface area contributed by atoms with E-state index >= 15 is 0 Å². The molecule has 1 aliphatic rings. The quantitative estimate of drug-likeness (QED) is 0.868. The molecular formula is C9H9F3N2O2. The summed E-state index contributed by atoms with van der Waals surface area (Å²) in [5, 5.41) is 8.57. The fraction of sp³-hybridized carbons (Fsp3) is 0.556. The van der Waals surface area contributed by atoms with E-state index in [1.54, 1.807) is 0 Å². The van der Waals surface area contributed by atoms with Crippen molar-refractivity contribution in [2.45, 2.75) is 31.5 Å². The molecule has 1 aromatic rings. The Balaban J connectivity index is 2.34. The number of aromatic nitrogens is 2. The molecule has 1 heterocycles. The second kappa shape index (κ2) is 3.50. The van der Waals surface area contributed by atoms with Crippen molar-refractivity contribution >= 4 is 5.97 Å². The normalized spacial score (nSPS) is 16.4. The predicted octanol–water partition coefficient (Wildman–Crippen LogP) is 1.86. The second-order valence-electron chi connectivity index (χ2n) is 3.75. The van der Waals surface area contributed by atoms with Crippen LogP contribution in [0.25, 0.3) is 0 Å². The first-order valence-corrected chi connectivity index (χ1v) is 4.74. The van der Waals surface area contributed by atoms with E-state index in [-0.39, 0.29) is 11.9 Å². The van der Waals surface area contributed by atoms with Crippen LogP contribution in [0, 0.1) is 0 Å². The highest BCUT2D eigenvalue weighted by molar-refractivity contribution is 5.69. The van der Waals surface area contributed by atoms with Gasteiger partial charge in [-0.15, -0.1) is 0 Å². The minimum absolute atomic E-state index is 0.0158. The molecule has 88 valence electrons. The minimum Gasteiger partial charge on any atom is -0.481 e. The van der Waals surface area contributed by atoms with Gasteiger partial charge in [-0.05, 0) is 12.8 Å². The summed E-state index contributed by atoms with van der Waals surface area (Å²) in [4.78, 5) is 13.8. The van der Waals surface area contributed by atoms with Crippen molar-refractivity contribution in [3.8, 4) is 0 Å². The van der Waals surface area contributed by atoms with Crippen molar-refractivity contribution in [1.82, 2.24) is 9.55 Å². The van der Waals surface area contributed by atoms with E-state index in [0.717, 1.165) is 19.0 Å². The van der Waals surface area contributed by atoms with Gasteiger partial charge < -0.3 is 9.67 Å². The summed E-state index contributed by atoms with van der Waals surface area (Å²) in [6, 6.07) is -0.0158. The van der Waals surface area contributed by atoms with Gasteiger partial charge in [-0.3, -0.25) is 4.79 Å². The summed E-state index contributed by atoms with van der Waals surface area (Å²) < 4.78 is 38.5. The van der Waals surface area contributed by atoms with Gasteiger partial charge in [-0.1, -0.05) is 0 Å². The third-order valence-corrected chi connectivity index (χ3v) is 2.35. The Morgan fingerprint density at radius 1 is 1.56 bits per heavy atom. The molecule has 4 nitrogen and oxygen atoms in total. The molecule has 0 aromatic carbocycles. The maximum Gasteiger partial charge on any atom is 0.434 e. The number of carboxylic acid groups (broad SMARTS) is 1. The van der Waals surface area contributed by atoms with Gasteiger partial charge in [-0.25, -0.2) is 4.98 Å². The average molecular weight is 234 g/mol. The molecule has 0 spiro atoms. The van der Waals surface area contributed by atoms with Crippen LogP contribution in [0.4, 0.5) is 13.2 Å². The Kier molecular flexibility index (Phi) is 2.40. The van der Waals surface area contributed by atoms with Crippen molar-refractivity contribution in [2.24, 2.45) is 0 Å². The first-order valence-electron chi connectivity index (χ1n) is 4.74. The SMILES string of the molecule is O=C(O)Cc1nc(C(F)(F)F)cn1C1CC1. The number of hydrogen-bond donors (Lipinski definition) is 1. The monoisotopic (exact) mass is 234 g/mol. The van der Waals surface area contributed by atoms with Crippen molar-refractivity contribution in [3.05, 3.63) is 17.7 Å². The standard InChI is InChI=1S/C9H9F3N2O2/c10-9(11,12)6-4-14(5-1-2-5)7(13-6)3-8(15)16/h4-5H,1-3H2,(H,15,16). The lowest BCUT2D eigenvalue weighted by molar-refractivity contribution is -0.141. The molecule has 0 saturated heterocycles. The maximum absolute atomic E-state index is 12.4. The molecule has 0 unspecified atom stereocenters. The first-order chi connectivity index (χ1) is 7.38. The lowest BCUT2D eigenvalue weighted by Gasteiger charge is -2.02. The predicted molar refractivity (Wildman–Crippen MR) is 46.8 cm³/mol. The van der Waals surface area contributed by atoms with Crippen LogP contribution >= 0.6 is 0 Å². The molecule has 7 heteroatoms. The molecule has 0 radical (unpaired) electrons. The number of rotatable bonds is 3. The zero-order chi connectivity index (χ0) is 11.9. The van der Waals surface area contributed by atoms with Gasteiger partial charge in [0.25, 0.3) is 0 Å². The molecule has 0 bridgehead atoms. The van der Waals surface area contributed by atoms with Crippen molar-refractivity contribution in [3.63, 3.8) is 0 Å². The van der Waals surface area contributed by atoms with E-state index in [4.69, 9.17) is 5.11 Å². The van der Waals surface area contributed by atoms with Crippen LogP contribution in [0.2, 0.25) is 0 Å². The molecule has 1 saturated carbocycles.